The minimum Gasteiger partial charge on any atom is -0.450 e. The number of carbonyl (C=O) groups is 2. The van der Waals surface area contributed by atoms with Gasteiger partial charge in [0, 0.05) is 38.3 Å². The van der Waals surface area contributed by atoms with Crippen molar-refractivity contribution in [2.75, 3.05) is 32.8 Å². The molecule has 2 amide bonds. The molecule has 0 N–H and O–H groups in total. The lowest BCUT2D eigenvalue weighted by Crippen LogP contribution is -2.50. The predicted molar refractivity (Wildman–Crippen MR) is 143 cm³/mol. The molecule has 0 bridgehead atoms. The number of hydrogen-bond donors (Lipinski definition) is 0. The van der Waals surface area contributed by atoms with Crippen molar-refractivity contribution in [3.05, 3.63) is 70.5 Å². The summed E-state index contributed by atoms with van der Waals surface area (Å²) in [6, 6.07) is 9.97. The number of fused-ring (bicyclic) bond motifs is 1. The van der Waals surface area contributed by atoms with Crippen LogP contribution in [0.2, 0.25) is 0 Å². The second-order valence-corrected chi connectivity index (χ2v) is 11.7. The third-order valence-electron chi connectivity index (χ3n) is 6.12. The number of rotatable bonds is 6. The lowest BCUT2D eigenvalue weighted by atomic mass is 10.1. The SMILES string of the molecule is C=CCn1c(=NC(=O)c2ccc(S(=O)(=O)N3CCN(C(=O)OCC)CC3)cc2)sc2cc(C)cc(C)c21. The van der Waals surface area contributed by atoms with E-state index in [1.807, 2.05) is 18.4 Å². The van der Waals surface area contributed by atoms with E-state index in [1.165, 1.54) is 44.8 Å². The van der Waals surface area contributed by atoms with E-state index in [0.717, 1.165) is 21.3 Å². The van der Waals surface area contributed by atoms with Crippen molar-refractivity contribution in [1.82, 2.24) is 13.8 Å². The first-order valence-electron chi connectivity index (χ1n) is 12.0. The standard InChI is InChI=1S/C26H30N4O5S2/c1-5-11-30-23-19(4)16-18(3)17-22(23)36-25(30)27-24(31)20-7-9-21(10-8-20)37(33,34)29-14-12-28(13-15-29)26(32)35-6-2/h5,7-10,16-17H,1,6,11-15H2,2-4H3. The Morgan fingerprint density at radius 2 is 1.78 bits per heavy atom. The molecule has 0 saturated carbocycles. The Labute approximate surface area is 220 Å². The van der Waals surface area contributed by atoms with E-state index in [4.69, 9.17) is 4.74 Å². The second kappa shape index (κ2) is 11.0. The number of carbonyl (C=O) groups excluding carboxylic acids is 2. The normalized spacial score (nSPS) is 15.2. The number of ether oxygens (including phenoxy) is 1. The van der Waals surface area contributed by atoms with Crippen LogP contribution in [0.1, 0.15) is 28.4 Å². The lowest BCUT2D eigenvalue weighted by molar-refractivity contribution is 0.0933. The van der Waals surface area contributed by atoms with Crippen LogP contribution in [0.5, 0.6) is 0 Å². The van der Waals surface area contributed by atoms with E-state index in [0.29, 0.717) is 16.9 Å². The Bertz CT molecular complexity index is 1510. The van der Waals surface area contributed by atoms with Crippen LogP contribution in [0.3, 0.4) is 0 Å². The van der Waals surface area contributed by atoms with Crippen molar-refractivity contribution in [3.63, 3.8) is 0 Å². The van der Waals surface area contributed by atoms with Crippen LogP contribution in [0, 0.1) is 13.8 Å². The summed E-state index contributed by atoms with van der Waals surface area (Å²) in [5.41, 5.74) is 3.54. The Morgan fingerprint density at radius 1 is 1.11 bits per heavy atom. The van der Waals surface area contributed by atoms with Crippen molar-refractivity contribution in [3.8, 4) is 0 Å². The number of allylic oxidation sites excluding steroid dienone is 1. The third-order valence-corrected chi connectivity index (χ3v) is 9.06. The summed E-state index contributed by atoms with van der Waals surface area (Å²) in [5.74, 6) is -0.453. The molecule has 0 unspecified atom stereocenters. The Morgan fingerprint density at radius 3 is 2.41 bits per heavy atom. The number of thiazole rings is 1. The van der Waals surface area contributed by atoms with E-state index in [1.54, 1.807) is 13.0 Å². The van der Waals surface area contributed by atoms with Gasteiger partial charge in [-0.15, -0.1) is 6.58 Å². The minimum absolute atomic E-state index is 0.0864. The molecule has 4 rings (SSSR count). The molecule has 9 nitrogen and oxygen atoms in total. The number of sulfonamides is 1. The van der Waals surface area contributed by atoms with Crippen LogP contribution >= 0.6 is 11.3 Å². The van der Waals surface area contributed by atoms with Gasteiger partial charge in [0.2, 0.25) is 10.0 Å². The van der Waals surface area contributed by atoms with E-state index < -0.39 is 22.0 Å². The summed E-state index contributed by atoms with van der Waals surface area (Å²) in [5, 5.41) is 0. The van der Waals surface area contributed by atoms with Crippen LogP contribution in [-0.2, 0) is 21.3 Å². The van der Waals surface area contributed by atoms with Gasteiger partial charge in [-0.3, -0.25) is 4.79 Å². The molecule has 1 fully saturated rings. The molecule has 0 spiro atoms. The predicted octanol–water partition coefficient (Wildman–Crippen LogP) is 3.71. The highest BCUT2D eigenvalue weighted by Gasteiger charge is 2.30. The van der Waals surface area contributed by atoms with Crippen LogP contribution in [0.15, 0.2) is 58.9 Å². The fraction of sp³-hybridized carbons (Fsp3) is 0.346. The van der Waals surface area contributed by atoms with E-state index >= 15 is 0 Å². The molecule has 1 aliphatic rings. The number of aromatic nitrogens is 1. The number of benzene rings is 2. The monoisotopic (exact) mass is 542 g/mol. The molecule has 1 saturated heterocycles. The first-order chi connectivity index (χ1) is 17.6. The smallest absolute Gasteiger partial charge is 0.409 e. The molecule has 0 atom stereocenters. The van der Waals surface area contributed by atoms with Gasteiger partial charge in [-0.1, -0.05) is 23.5 Å². The topological polar surface area (TPSA) is 101 Å². The number of amides is 2. The minimum atomic E-state index is -3.77. The molecule has 1 aromatic heterocycles. The summed E-state index contributed by atoms with van der Waals surface area (Å²) in [6.45, 7) is 11.3. The fourth-order valence-electron chi connectivity index (χ4n) is 4.37. The molecule has 37 heavy (non-hydrogen) atoms. The molecular weight excluding hydrogens is 512 g/mol. The molecule has 11 heteroatoms. The third kappa shape index (κ3) is 5.53. The van der Waals surface area contributed by atoms with Crippen LogP contribution < -0.4 is 4.80 Å². The first kappa shape index (κ1) is 26.8. The van der Waals surface area contributed by atoms with Crippen LogP contribution in [-0.4, -0.2) is 67.0 Å². The summed E-state index contributed by atoms with van der Waals surface area (Å²) in [6.07, 6.45) is 1.32. The highest BCUT2D eigenvalue weighted by Crippen LogP contribution is 2.24. The number of hydrogen-bond acceptors (Lipinski definition) is 6. The Kier molecular flexibility index (Phi) is 7.96. The van der Waals surface area contributed by atoms with Crippen molar-refractivity contribution >= 4 is 43.6 Å². The summed E-state index contributed by atoms with van der Waals surface area (Å²) >= 11 is 1.43. The zero-order valence-corrected chi connectivity index (χ0v) is 22.8. The van der Waals surface area contributed by atoms with Gasteiger partial charge in [-0.25, -0.2) is 13.2 Å². The van der Waals surface area contributed by atoms with Gasteiger partial charge < -0.3 is 14.2 Å². The molecule has 1 aliphatic heterocycles. The average Bonchev–Trinajstić information content (AvgIpc) is 3.21. The van der Waals surface area contributed by atoms with Crippen LogP contribution in [0.4, 0.5) is 4.79 Å². The van der Waals surface area contributed by atoms with Crippen LogP contribution in [0.25, 0.3) is 10.2 Å². The fourth-order valence-corrected chi connectivity index (χ4v) is 7.01. The highest BCUT2D eigenvalue weighted by atomic mass is 32.2. The van der Waals surface area contributed by atoms with Crippen molar-refractivity contribution in [1.29, 1.82) is 0 Å². The summed E-state index contributed by atoms with van der Waals surface area (Å²) in [7, 11) is -3.77. The summed E-state index contributed by atoms with van der Waals surface area (Å²) in [4.78, 5) is 31.4. The second-order valence-electron chi connectivity index (χ2n) is 8.74. The van der Waals surface area contributed by atoms with Gasteiger partial charge in [0.1, 0.15) is 0 Å². The Hall–Kier alpha value is -3.28. The number of piperazine rings is 1. The van der Waals surface area contributed by atoms with E-state index in [2.05, 4.69) is 23.7 Å². The molecule has 3 aromatic rings. The van der Waals surface area contributed by atoms with Gasteiger partial charge in [-0.2, -0.15) is 9.30 Å². The van der Waals surface area contributed by atoms with Crippen molar-refractivity contribution in [2.45, 2.75) is 32.2 Å². The van der Waals surface area contributed by atoms with Gasteiger partial charge >= 0.3 is 6.09 Å². The van der Waals surface area contributed by atoms with Gasteiger partial charge in [0.25, 0.3) is 5.91 Å². The lowest BCUT2D eigenvalue weighted by Gasteiger charge is -2.33. The van der Waals surface area contributed by atoms with Crippen molar-refractivity contribution < 1.29 is 22.7 Å². The molecule has 0 aliphatic carbocycles. The Balaban J connectivity index is 1.55. The number of nitrogens with zero attached hydrogens (tertiary/aromatic N) is 4. The number of aryl methyl sites for hydroxylation is 2. The van der Waals surface area contributed by atoms with Crippen molar-refractivity contribution in [2.24, 2.45) is 4.99 Å². The molecule has 2 heterocycles. The molecule has 2 aromatic carbocycles. The first-order valence-corrected chi connectivity index (χ1v) is 14.2. The molecular formula is C26H30N4O5S2. The largest absolute Gasteiger partial charge is 0.450 e. The molecule has 0 radical (unpaired) electrons. The van der Waals surface area contributed by atoms with Gasteiger partial charge in [0.15, 0.2) is 4.80 Å². The van der Waals surface area contributed by atoms with E-state index in [9.17, 15) is 18.0 Å². The van der Waals surface area contributed by atoms with E-state index in [-0.39, 0.29) is 37.7 Å². The average molecular weight is 543 g/mol. The quantitative estimate of drug-likeness (QED) is 0.442. The molecule has 196 valence electrons. The zero-order valence-electron chi connectivity index (χ0n) is 21.1. The van der Waals surface area contributed by atoms with Gasteiger partial charge in [0.05, 0.1) is 21.7 Å². The maximum Gasteiger partial charge on any atom is 0.409 e. The van der Waals surface area contributed by atoms with Gasteiger partial charge in [-0.05, 0) is 62.2 Å². The highest BCUT2D eigenvalue weighted by molar-refractivity contribution is 7.89. The maximum atomic E-state index is 13.1. The summed E-state index contributed by atoms with van der Waals surface area (Å²) < 4.78 is 35.5. The maximum absolute atomic E-state index is 13.1. The zero-order chi connectivity index (χ0) is 26.7.